The van der Waals surface area contributed by atoms with Crippen LogP contribution < -0.4 is 21.1 Å². The summed E-state index contributed by atoms with van der Waals surface area (Å²) in [5.74, 6) is -4.19. The maximum absolute atomic E-state index is 13.8. The zero-order valence-electron chi connectivity index (χ0n) is 18.4. The van der Waals surface area contributed by atoms with Crippen molar-refractivity contribution < 1.29 is 28.2 Å². The maximum Gasteiger partial charge on any atom is 0.275 e. The Morgan fingerprint density at radius 2 is 1.97 bits per heavy atom. The molecule has 3 N–H and O–H groups in total. The highest BCUT2D eigenvalue weighted by Crippen LogP contribution is 2.18. The summed E-state index contributed by atoms with van der Waals surface area (Å²) in [6.07, 6.45) is 3.47. The van der Waals surface area contributed by atoms with E-state index < -0.39 is 46.7 Å². The van der Waals surface area contributed by atoms with E-state index >= 15 is 0 Å². The molecule has 0 spiro atoms. The normalized spacial score (nSPS) is 13.9. The molecule has 3 rings (SSSR count). The monoisotopic (exact) mass is 464 g/mol. The van der Waals surface area contributed by atoms with Crippen LogP contribution >= 0.6 is 0 Å². The topological polar surface area (TPSA) is 113 Å². The lowest BCUT2D eigenvalue weighted by atomic mass is 10.1. The van der Waals surface area contributed by atoms with Gasteiger partial charge in [0, 0.05) is 32.0 Å². The molecule has 1 aromatic carbocycles. The maximum atomic E-state index is 13.8. The van der Waals surface area contributed by atoms with Crippen molar-refractivity contribution in [3.63, 3.8) is 0 Å². The second kappa shape index (κ2) is 10.4. The largest absolute Gasteiger partial charge is 0.502 e. The molecular weight excluding hydrogens is 438 g/mol. The predicted octanol–water partition coefficient (Wildman–Crippen LogP) is 1.61. The first-order valence-electron chi connectivity index (χ1n) is 10.5. The van der Waals surface area contributed by atoms with Gasteiger partial charge in [-0.05, 0) is 25.0 Å². The first-order valence-corrected chi connectivity index (χ1v) is 10.5. The van der Waals surface area contributed by atoms with Gasteiger partial charge in [-0.2, -0.15) is 0 Å². The number of hydrogen-bond acceptors (Lipinski definition) is 6. The van der Waals surface area contributed by atoms with E-state index in [1.54, 1.807) is 12.1 Å². The molecule has 0 saturated carbocycles. The molecule has 33 heavy (non-hydrogen) atoms. The van der Waals surface area contributed by atoms with Gasteiger partial charge >= 0.3 is 0 Å². The van der Waals surface area contributed by atoms with E-state index in [4.69, 9.17) is 4.74 Å². The van der Waals surface area contributed by atoms with Gasteiger partial charge in [-0.15, -0.1) is 0 Å². The smallest absolute Gasteiger partial charge is 0.275 e. The molecule has 0 saturated heterocycles. The van der Waals surface area contributed by atoms with Crippen LogP contribution in [0.5, 0.6) is 5.75 Å². The summed E-state index contributed by atoms with van der Waals surface area (Å²) in [5.41, 5.74) is -2.20. The van der Waals surface area contributed by atoms with Crippen molar-refractivity contribution >= 4 is 11.8 Å². The van der Waals surface area contributed by atoms with Crippen LogP contribution in [-0.4, -0.2) is 48.0 Å². The molecule has 0 fully saturated rings. The minimum atomic E-state index is -1.06. The van der Waals surface area contributed by atoms with Gasteiger partial charge in [-0.25, -0.2) is 8.78 Å². The molecule has 2 heterocycles. The van der Waals surface area contributed by atoms with E-state index in [1.165, 1.54) is 10.7 Å². The predicted molar refractivity (Wildman–Crippen MR) is 116 cm³/mol. The first-order chi connectivity index (χ1) is 15.8. The number of pyridine rings is 1. The number of ether oxygens (including phenoxy) is 1. The SMILES string of the molecule is CCCC(CCN1CNC(=O)c2c(O)c(=O)c(C(=O)NCc3c(F)cccc3F)cn21)OC. The third-order valence-corrected chi connectivity index (χ3v) is 5.49. The Kier molecular flexibility index (Phi) is 7.64. The highest BCUT2D eigenvalue weighted by molar-refractivity contribution is 5.99. The Morgan fingerprint density at radius 3 is 2.61 bits per heavy atom. The van der Waals surface area contributed by atoms with Gasteiger partial charge in [0.25, 0.3) is 11.8 Å². The van der Waals surface area contributed by atoms with Crippen LogP contribution in [0.3, 0.4) is 0 Å². The molecule has 0 aliphatic carbocycles. The van der Waals surface area contributed by atoms with Crippen molar-refractivity contribution in [3.05, 3.63) is 63.1 Å². The first kappa shape index (κ1) is 24.2. The van der Waals surface area contributed by atoms with Crippen LogP contribution in [-0.2, 0) is 11.3 Å². The molecule has 0 bridgehead atoms. The Labute approximate surface area is 188 Å². The summed E-state index contributed by atoms with van der Waals surface area (Å²) >= 11 is 0. The highest BCUT2D eigenvalue weighted by atomic mass is 19.1. The number of hydrogen-bond donors (Lipinski definition) is 3. The lowest BCUT2D eigenvalue weighted by molar-refractivity contribution is 0.0846. The van der Waals surface area contributed by atoms with Crippen LogP contribution in [0.4, 0.5) is 8.78 Å². The van der Waals surface area contributed by atoms with Crippen LogP contribution in [0.25, 0.3) is 0 Å². The second-order valence-electron chi connectivity index (χ2n) is 7.63. The number of amides is 2. The van der Waals surface area contributed by atoms with Gasteiger partial charge in [-0.3, -0.25) is 24.1 Å². The number of nitrogens with one attached hydrogen (secondary N) is 2. The number of aromatic hydroxyl groups is 1. The van der Waals surface area contributed by atoms with Crippen molar-refractivity contribution in [1.82, 2.24) is 15.3 Å². The number of fused-ring (bicyclic) bond motifs is 1. The minimum absolute atomic E-state index is 0.0255. The Morgan fingerprint density at radius 1 is 1.27 bits per heavy atom. The summed E-state index contributed by atoms with van der Waals surface area (Å²) in [6.45, 7) is 2.01. The van der Waals surface area contributed by atoms with E-state index in [9.17, 15) is 28.3 Å². The standard InChI is InChI=1S/C22H26F2N4O5/c1-3-5-13(33-2)8-9-27-12-26-22(32)18-20(30)19(29)15(11-28(18)27)21(31)25-10-14-16(23)6-4-7-17(14)24/h4,6-7,11,13,30H,3,5,8-10,12H2,1-2H3,(H,25,31)(H,26,32). The van der Waals surface area contributed by atoms with E-state index in [-0.39, 0.29) is 24.0 Å². The second-order valence-corrected chi connectivity index (χ2v) is 7.63. The van der Waals surface area contributed by atoms with E-state index in [1.807, 2.05) is 6.92 Å². The number of carbonyl (C=O) groups is 2. The van der Waals surface area contributed by atoms with Gasteiger partial charge in [0.1, 0.15) is 23.9 Å². The van der Waals surface area contributed by atoms with Crippen molar-refractivity contribution in [2.75, 3.05) is 25.3 Å². The van der Waals surface area contributed by atoms with E-state index in [2.05, 4.69) is 10.6 Å². The Hall–Kier alpha value is -3.47. The summed E-state index contributed by atoms with van der Waals surface area (Å²) in [7, 11) is 1.61. The molecule has 0 radical (unpaired) electrons. The number of carbonyl (C=O) groups excluding carboxylic acids is 2. The third-order valence-electron chi connectivity index (χ3n) is 5.49. The number of aromatic nitrogens is 1. The van der Waals surface area contributed by atoms with Crippen molar-refractivity contribution in [2.45, 2.75) is 38.8 Å². The molecule has 11 heteroatoms. The lowest BCUT2D eigenvalue weighted by Crippen LogP contribution is -2.53. The van der Waals surface area contributed by atoms with E-state index in [0.29, 0.717) is 13.0 Å². The molecule has 2 aromatic rings. The molecule has 1 atom stereocenters. The molecule has 2 amide bonds. The summed E-state index contributed by atoms with van der Waals surface area (Å²) in [5, 5.41) is 16.9. The fourth-order valence-electron chi connectivity index (χ4n) is 3.66. The fraction of sp³-hybridized carbons (Fsp3) is 0.409. The Balaban J connectivity index is 1.88. The van der Waals surface area contributed by atoms with Gasteiger partial charge in [0.2, 0.25) is 5.43 Å². The number of halogens is 2. The van der Waals surface area contributed by atoms with Gasteiger partial charge < -0.3 is 20.5 Å². The number of rotatable bonds is 9. The minimum Gasteiger partial charge on any atom is -0.502 e. The summed E-state index contributed by atoms with van der Waals surface area (Å²) in [4.78, 5) is 37.6. The van der Waals surface area contributed by atoms with Crippen LogP contribution in [0.15, 0.2) is 29.2 Å². The van der Waals surface area contributed by atoms with Crippen LogP contribution in [0.2, 0.25) is 0 Å². The van der Waals surface area contributed by atoms with Crippen LogP contribution in [0, 0.1) is 11.6 Å². The number of nitrogens with zero attached hydrogens (tertiary/aromatic N) is 2. The molecule has 178 valence electrons. The zero-order valence-corrected chi connectivity index (χ0v) is 18.4. The average Bonchev–Trinajstić information content (AvgIpc) is 2.79. The molecule has 9 nitrogen and oxygen atoms in total. The van der Waals surface area contributed by atoms with Gasteiger partial charge in [-0.1, -0.05) is 19.4 Å². The number of benzene rings is 1. The Bertz CT molecular complexity index is 1080. The molecule has 1 aliphatic rings. The molecular formula is C22H26F2N4O5. The van der Waals surface area contributed by atoms with Crippen molar-refractivity contribution in [2.24, 2.45) is 0 Å². The zero-order chi connectivity index (χ0) is 24.1. The van der Waals surface area contributed by atoms with Gasteiger partial charge in [0.15, 0.2) is 11.4 Å². The quantitative estimate of drug-likeness (QED) is 0.520. The summed E-state index contributed by atoms with van der Waals surface area (Å²) < 4.78 is 34.4. The molecule has 1 aromatic heterocycles. The lowest BCUT2D eigenvalue weighted by Gasteiger charge is -2.34. The fourth-order valence-corrected chi connectivity index (χ4v) is 3.66. The number of methoxy groups -OCH3 is 1. The van der Waals surface area contributed by atoms with Crippen LogP contribution in [0.1, 0.15) is 52.6 Å². The van der Waals surface area contributed by atoms with E-state index in [0.717, 1.165) is 31.2 Å². The average molecular weight is 464 g/mol. The van der Waals surface area contributed by atoms with Gasteiger partial charge in [0.05, 0.1) is 6.10 Å². The highest BCUT2D eigenvalue weighted by Gasteiger charge is 2.30. The third kappa shape index (κ3) is 5.14. The summed E-state index contributed by atoms with van der Waals surface area (Å²) in [6, 6.07) is 3.29. The van der Waals surface area contributed by atoms with Crippen molar-refractivity contribution in [1.29, 1.82) is 0 Å². The van der Waals surface area contributed by atoms with Crippen molar-refractivity contribution in [3.8, 4) is 5.75 Å². The molecule has 1 aliphatic heterocycles. The molecule has 1 unspecified atom stereocenters.